The summed E-state index contributed by atoms with van der Waals surface area (Å²) >= 11 is 0. The van der Waals surface area contributed by atoms with Gasteiger partial charge in [-0.3, -0.25) is 9.69 Å². The number of aromatic nitrogens is 2. The van der Waals surface area contributed by atoms with Crippen LogP contribution in [0.15, 0.2) is 126 Å². The zero-order valence-corrected chi connectivity index (χ0v) is 24.1. The number of amides is 1. The van der Waals surface area contributed by atoms with Crippen molar-refractivity contribution < 1.29 is 13.9 Å². The van der Waals surface area contributed by atoms with Crippen molar-refractivity contribution in [3.8, 4) is 11.5 Å². The predicted molar refractivity (Wildman–Crippen MR) is 168 cm³/mol. The molecule has 1 amide bonds. The average Bonchev–Trinajstić information content (AvgIpc) is 3.68. The minimum atomic E-state index is -0.262. The van der Waals surface area contributed by atoms with E-state index in [-0.39, 0.29) is 17.6 Å². The molecule has 0 aliphatic heterocycles. The molecule has 7 nitrogen and oxygen atoms in total. The second-order valence-corrected chi connectivity index (χ2v) is 10.6. The summed E-state index contributed by atoms with van der Waals surface area (Å²) in [5, 5.41) is 4.24. The zero-order chi connectivity index (χ0) is 29.4. The number of hydrogen-bond acceptors (Lipinski definition) is 5. The average molecular weight is 571 g/mol. The van der Waals surface area contributed by atoms with Gasteiger partial charge in [-0.05, 0) is 60.4 Å². The van der Waals surface area contributed by atoms with Crippen LogP contribution >= 0.6 is 0 Å². The number of carbonyl (C=O) groups excluding carboxylic acids is 1. The highest BCUT2D eigenvalue weighted by atomic mass is 16.5. The van der Waals surface area contributed by atoms with Gasteiger partial charge in [-0.25, -0.2) is 4.98 Å². The maximum atomic E-state index is 12.9. The van der Waals surface area contributed by atoms with Gasteiger partial charge in [-0.2, -0.15) is 0 Å². The fourth-order valence-corrected chi connectivity index (χ4v) is 5.20. The number of aromatic amines is 1. The molecule has 0 aliphatic rings. The van der Waals surface area contributed by atoms with Crippen LogP contribution in [0.3, 0.4) is 0 Å². The van der Waals surface area contributed by atoms with Gasteiger partial charge in [0.15, 0.2) is 5.69 Å². The van der Waals surface area contributed by atoms with E-state index in [2.05, 4.69) is 56.7 Å². The number of carbonyl (C=O) groups is 1. The van der Waals surface area contributed by atoms with Gasteiger partial charge in [0.25, 0.3) is 5.91 Å². The Labute approximate surface area is 251 Å². The Hall–Kier alpha value is -5.14. The molecule has 6 rings (SSSR count). The van der Waals surface area contributed by atoms with Crippen molar-refractivity contribution in [3.63, 3.8) is 0 Å². The molecule has 4 aromatic carbocycles. The maximum absolute atomic E-state index is 12.9. The third-order valence-electron chi connectivity index (χ3n) is 7.45. The van der Waals surface area contributed by atoms with Crippen LogP contribution < -0.4 is 10.1 Å². The molecule has 0 radical (unpaired) electrons. The largest absolute Gasteiger partial charge is 0.457 e. The van der Waals surface area contributed by atoms with Crippen LogP contribution in [0, 0.1) is 0 Å². The third kappa shape index (κ3) is 7.20. The Morgan fingerprint density at radius 2 is 1.65 bits per heavy atom. The molecular weight excluding hydrogens is 536 g/mol. The van der Waals surface area contributed by atoms with Crippen molar-refractivity contribution >= 4 is 16.8 Å². The van der Waals surface area contributed by atoms with Crippen molar-refractivity contribution in [1.82, 2.24) is 20.2 Å². The standard InChI is InChI=1S/C36H34N4O3/c1-26(28-12-4-2-5-13-28)38-36(41)34-25-42-35(39-34)24-40(20-19-29-22-37-33-18-9-8-17-32(29)33)23-27-11-10-16-31(21-27)43-30-14-6-3-7-15-30/h2-18,21-22,25-26,37H,19-20,23-24H2,1H3,(H,38,41)/t26-/m1/s1. The molecule has 0 bridgehead atoms. The summed E-state index contributed by atoms with van der Waals surface area (Å²) in [7, 11) is 0. The molecular formula is C36H34N4O3. The lowest BCUT2D eigenvalue weighted by Gasteiger charge is -2.21. The number of benzene rings is 4. The number of nitrogens with one attached hydrogen (secondary N) is 2. The first-order chi connectivity index (χ1) is 21.1. The van der Waals surface area contributed by atoms with Gasteiger partial charge in [-0.1, -0.05) is 78.9 Å². The van der Waals surface area contributed by atoms with Gasteiger partial charge < -0.3 is 19.5 Å². The highest BCUT2D eigenvalue weighted by Gasteiger charge is 2.18. The smallest absolute Gasteiger partial charge is 0.273 e. The Kier molecular flexibility index (Phi) is 8.61. The number of nitrogens with zero attached hydrogens (tertiary/aromatic N) is 2. The van der Waals surface area contributed by atoms with Crippen LogP contribution in [0.2, 0.25) is 0 Å². The minimum absolute atomic E-state index is 0.146. The molecule has 0 spiro atoms. The summed E-state index contributed by atoms with van der Waals surface area (Å²) in [6.07, 6.45) is 4.36. The van der Waals surface area contributed by atoms with Gasteiger partial charge in [0, 0.05) is 30.2 Å². The Bertz CT molecular complexity index is 1780. The van der Waals surface area contributed by atoms with Crippen molar-refractivity contribution in [2.24, 2.45) is 0 Å². The van der Waals surface area contributed by atoms with Crippen LogP contribution in [-0.2, 0) is 19.5 Å². The molecule has 6 aromatic rings. The number of oxazole rings is 1. The lowest BCUT2D eigenvalue weighted by atomic mass is 10.1. The minimum Gasteiger partial charge on any atom is -0.457 e. The fourth-order valence-electron chi connectivity index (χ4n) is 5.20. The van der Waals surface area contributed by atoms with E-state index in [1.807, 2.05) is 85.8 Å². The SMILES string of the molecule is C[C@@H](NC(=O)c1coc(CN(CCc2c[nH]c3ccccc23)Cc2cccc(Oc3ccccc3)c2)n1)c1ccccc1. The molecule has 0 unspecified atom stereocenters. The number of rotatable bonds is 12. The normalized spacial score (nSPS) is 12.0. The summed E-state index contributed by atoms with van der Waals surface area (Å²) in [4.78, 5) is 23.2. The first-order valence-corrected chi connectivity index (χ1v) is 14.5. The van der Waals surface area contributed by atoms with Crippen molar-refractivity contribution in [2.45, 2.75) is 32.5 Å². The molecule has 2 aromatic heterocycles. The summed E-state index contributed by atoms with van der Waals surface area (Å²) in [5.41, 5.74) is 4.79. The first kappa shape index (κ1) is 28.0. The Morgan fingerprint density at radius 1 is 0.907 bits per heavy atom. The van der Waals surface area contributed by atoms with E-state index in [9.17, 15) is 4.79 Å². The molecule has 0 saturated carbocycles. The number of ether oxygens (including phenoxy) is 1. The topological polar surface area (TPSA) is 83.4 Å². The number of fused-ring (bicyclic) bond motifs is 1. The van der Waals surface area contributed by atoms with E-state index in [0.29, 0.717) is 19.0 Å². The number of H-pyrrole nitrogens is 1. The lowest BCUT2D eigenvalue weighted by molar-refractivity contribution is 0.0934. The van der Waals surface area contributed by atoms with Crippen LogP contribution in [0.5, 0.6) is 11.5 Å². The molecule has 2 heterocycles. The molecule has 1 atom stereocenters. The van der Waals surface area contributed by atoms with Gasteiger partial charge >= 0.3 is 0 Å². The van der Waals surface area contributed by atoms with E-state index >= 15 is 0 Å². The van der Waals surface area contributed by atoms with E-state index in [1.165, 1.54) is 17.2 Å². The van der Waals surface area contributed by atoms with Crippen LogP contribution in [0.4, 0.5) is 0 Å². The van der Waals surface area contributed by atoms with Crippen molar-refractivity contribution in [1.29, 1.82) is 0 Å². The highest BCUT2D eigenvalue weighted by Crippen LogP contribution is 2.24. The van der Waals surface area contributed by atoms with Gasteiger partial charge in [0.1, 0.15) is 17.8 Å². The first-order valence-electron chi connectivity index (χ1n) is 14.5. The zero-order valence-electron chi connectivity index (χ0n) is 24.1. The number of para-hydroxylation sites is 2. The van der Waals surface area contributed by atoms with Crippen LogP contribution in [0.1, 0.15) is 46.0 Å². The monoisotopic (exact) mass is 570 g/mol. The lowest BCUT2D eigenvalue weighted by Crippen LogP contribution is -2.27. The van der Waals surface area contributed by atoms with Gasteiger partial charge in [0.05, 0.1) is 12.6 Å². The summed E-state index contributed by atoms with van der Waals surface area (Å²) in [6.45, 7) is 3.83. The molecule has 7 heteroatoms. The van der Waals surface area contributed by atoms with E-state index < -0.39 is 0 Å². The van der Waals surface area contributed by atoms with Crippen molar-refractivity contribution in [2.75, 3.05) is 6.54 Å². The summed E-state index contributed by atoms with van der Waals surface area (Å²) in [6, 6.07) is 35.9. The molecule has 2 N–H and O–H groups in total. The Balaban J connectivity index is 1.17. The molecule has 43 heavy (non-hydrogen) atoms. The molecule has 0 fully saturated rings. The van der Waals surface area contributed by atoms with E-state index in [0.717, 1.165) is 41.1 Å². The fraction of sp³-hybridized carbons (Fsp3) is 0.167. The molecule has 0 aliphatic carbocycles. The van der Waals surface area contributed by atoms with E-state index in [4.69, 9.17) is 9.15 Å². The van der Waals surface area contributed by atoms with Crippen LogP contribution in [-0.4, -0.2) is 27.3 Å². The van der Waals surface area contributed by atoms with Crippen molar-refractivity contribution in [3.05, 3.63) is 150 Å². The third-order valence-corrected chi connectivity index (χ3v) is 7.45. The van der Waals surface area contributed by atoms with Gasteiger partial charge in [-0.15, -0.1) is 0 Å². The highest BCUT2D eigenvalue weighted by molar-refractivity contribution is 5.92. The maximum Gasteiger partial charge on any atom is 0.273 e. The number of hydrogen-bond donors (Lipinski definition) is 2. The Morgan fingerprint density at radius 3 is 2.49 bits per heavy atom. The summed E-state index contributed by atoms with van der Waals surface area (Å²) < 4.78 is 11.9. The van der Waals surface area contributed by atoms with Crippen LogP contribution in [0.25, 0.3) is 10.9 Å². The van der Waals surface area contributed by atoms with Gasteiger partial charge in [0.2, 0.25) is 5.89 Å². The second-order valence-electron chi connectivity index (χ2n) is 10.6. The quantitative estimate of drug-likeness (QED) is 0.158. The molecule has 0 saturated heterocycles. The predicted octanol–water partition coefficient (Wildman–Crippen LogP) is 7.68. The second kappa shape index (κ2) is 13.2. The van der Waals surface area contributed by atoms with E-state index in [1.54, 1.807) is 0 Å². The molecule has 216 valence electrons. The summed E-state index contributed by atoms with van der Waals surface area (Å²) in [5.74, 6) is 1.81.